The maximum absolute atomic E-state index is 13.0. The Kier molecular flexibility index (Phi) is 4.11. The molecule has 0 fully saturated rings. The second-order valence-corrected chi connectivity index (χ2v) is 4.62. The minimum atomic E-state index is -1.24. The fraction of sp³-hybridized carbons (Fsp3) is 0.0769. The molecule has 19 heavy (non-hydrogen) atoms. The summed E-state index contributed by atoms with van der Waals surface area (Å²) in [6.07, 6.45) is 1.61. The van der Waals surface area contributed by atoms with E-state index in [1.54, 1.807) is 18.3 Å². The second-order valence-electron chi connectivity index (χ2n) is 3.70. The molecule has 0 aliphatic carbocycles. The van der Waals surface area contributed by atoms with Crippen molar-refractivity contribution in [3.63, 3.8) is 0 Å². The molecule has 0 spiro atoms. The van der Waals surface area contributed by atoms with Crippen molar-refractivity contribution in [3.8, 4) is 5.75 Å². The first-order chi connectivity index (χ1) is 9.06. The van der Waals surface area contributed by atoms with E-state index in [0.717, 1.165) is 16.6 Å². The van der Waals surface area contributed by atoms with Gasteiger partial charge in [-0.2, -0.15) is 0 Å². The van der Waals surface area contributed by atoms with Gasteiger partial charge in [0.05, 0.1) is 5.69 Å². The van der Waals surface area contributed by atoms with E-state index < -0.39 is 11.8 Å². The summed E-state index contributed by atoms with van der Waals surface area (Å²) in [6.45, 7) is 0.110. The molecule has 1 aromatic carbocycles. The Morgan fingerprint density at radius 1 is 1.37 bits per heavy atom. The Bertz CT molecular complexity index is 601. The minimum absolute atomic E-state index is 0.110. The van der Waals surface area contributed by atoms with Crippen molar-refractivity contribution in [2.24, 2.45) is 0 Å². The predicted octanol–water partition coefficient (Wildman–Crippen LogP) is 3.26. The van der Waals surface area contributed by atoms with E-state index in [9.17, 15) is 9.18 Å². The number of aromatic carboxylic acids is 1. The standard InChI is InChI=1S/C13H9BrFNO3/c14-8-1-3-10(16-6-8)7-19-12-4-2-9(15)5-11(12)13(17)18/h1-6H,7H2,(H,17,18). The van der Waals surface area contributed by atoms with Gasteiger partial charge >= 0.3 is 5.97 Å². The number of carboxylic acids is 1. The van der Waals surface area contributed by atoms with Crippen LogP contribution in [0.2, 0.25) is 0 Å². The third-order valence-electron chi connectivity index (χ3n) is 2.34. The molecule has 1 aromatic heterocycles. The molecule has 0 amide bonds. The molecule has 0 aliphatic heterocycles. The van der Waals surface area contributed by atoms with Gasteiger partial charge in [0.1, 0.15) is 23.7 Å². The molecule has 0 atom stereocenters. The summed E-state index contributed by atoms with van der Waals surface area (Å²) >= 11 is 3.26. The Morgan fingerprint density at radius 3 is 2.79 bits per heavy atom. The average Bonchev–Trinajstić information content (AvgIpc) is 2.39. The number of ether oxygens (including phenoxy) is 1. The molecular formula is C13H9BrFNO3. The molecule has 0 unspecified atom stereocenters. The molecule has 98 valence electrons. The van der Waals surface area contributed by atoms with E-state index in [2.05, 4.69) is 20.9 Å². The lowest BCUT2D eigenvalue weighted by Crippen LogP contribution is -2.04. The summed E-state index contributed by atoms with van der Waals surface area (Å²) < 4.78 is 19.2. The summed E-state index contributed by atoms with van der Waals surface area (Å²) in [5, 5.41) is 8.96. The Labute approximate surface area is 117 Å². The average molecular weight is 326 g/mol. The zero-order valence-corrected chi connectivity index (χ0v) is 11.2. The fourth-order valence-electron chi connectivity index (χ4n) is 1.44. The van der Waals surface area contributed by atoms with E-state index in [1.165, 1.54) is 6.07 Å². The second kappa shape index (κ2) is 5.79. The van der Waals surface area contributed by atoms with E-state index in [-0.39, 0.29) is 17.9 Å². The summed E-state index contributed by atoms with van der Waals surface area (Å²) in [7, 11) is 0. The van der Waals surface area contributed by atoms with E-state index >= 15 is 0 Å². The van der Waals surface area contributed by atoms with Gasteiger partial charge in [-0.05, 0) is 46.3 Å². The van der Waals surface area contributed by atoms with Crippen LogP contribution >= 0.6 is 15.9 Å². The molecule has 6 heteroatoms. The molecule has 0 radical (unpaired) electrons. The first-order valence-corrected chi connectivity index (χ1v) is 6.11. The van der Waals surface area contributed by atoms with Gasteiger partial charge in [-0.3, -0.25) is 4.98 Å². The molecule has 2 rings (SSSR count). The van der Waals surface area contributed by atoms with Crippen LogP contribution in [0.1, 0.15) is 16.1 Å². The highest BCUT2D eigenvalue weighted by Crippen LogP contribution is 2.21. The maximum atomic E-state index is 13.0. The summed E-state index contributed by atoms with van der Waals surface area (Å²) in [5.74, 6) is -1.75. The van der Waals surface area contributed by atoms with Crippen LogP contribution in [-0.2, 0) is 6.61 Å². The van der Waals surface area contributed by atoms with Gasteiger partial charge in [0.25, 0.3) is 0 Å². The van der Waals surface area contributed by atoms with Crippen LogP contribution in [-0.4, -0.2) is 16.1 Å². The lowest BCUT2D eigenvalue weighted by atomic mass is 10.2. The lowest BCUT2D eigenvalue weighted by molar-refractivity contribution is 0.0691. The number of benzene rings is 1. The first-order valence-electron chi connectivity index (χ1n) is 5.32. The smallest absolute Gasteiger partial charge is 0.339 e. The van der Waals surface area contributed by atoms with Crippen LogP contribution in [0, 0.1) is 5.82 Å². The Morgan fingerprint density at radius 2 is 2.16 bits per heavy atom. The van der Waals surface area contributed by atoms with Gasteiger partial charge in [0, 0.05) is 10.7 Å². The number of halogens is 2. The number of carbonyl (C=O) groups is 1. The van der Waals surface area contributed by atoms with Gasteiger partial charge in [-0.25, -0.2) is 9.18 Å². The molecule has 0 saturated heterocycles. The number of hydrogen-bond acceptors (Lipinski definition) is 3. The van der Waals surface area contributed by atoms with Crippen LogP contribution < -0.4 is 4.74 Å². The number of hydrogen-bond donors (Lipinski definition) is 1. The highest BCUT2D eigenvalue weighted by molar-refractivity contribution is 9.10. The summed E-state index contributed by atoms with van der Waals surface area (Å²) in [5.41, 5.74) is 0.431. The number of pyridine rings is 1. The highest BCUT2D eigenvalue weighted by Gasteiger charge is 2.12. The molecule has 1 N–H and O–H groups in total. The Hall–Kier alpha value is -1.95. The molecule has 0 bridgehead atoms. The number of aromatic nitrogens is 1. The van der Waals surface area contributed by atoms with Gasteiger partial charge in [0.2, 0.25) is 0 Å². The molecular weight excluding hydrogens is 317 g/mol. The molecule has 2 aromatic rings. The number of nitrogens with zero attached hydrogens (tertiary/aromatic N) is 1. The zero-order valence-electron chi connectivity index (χ0n) is 9.64. The lowest BCUT2D eigenvalue weighted by Gasteiger charge is -2.08. The first kappa shape index (κ1) is 13.5. The number of rotatable bonds is 4. The van der Waals surface area contributed by atoms with E-state index in [1.807, 2.05) is 0 Å². The zero-order chi connectivity index (χ0) is 13.8. The summed E-state index contributed by atoms with van der Waals surface area (Å²) in [6, 6.07) is 6.91. The van der Waals surface area contributed by atoms with Gasteiger partial charge in [0.15, 0.2) is 0 Å². The topological polar surface area (TPSA) is 59.4 Å². The maximum Gasteiger partial charge on any atom is 0.339 e. The molecule has 0 saturated carbocycles. The van der Waals surface area contributed by atoms with Crippen LogP contribution in [0.4, 0.5) is 4.39 Å². The molecule has 1 heterocycles. The van der Waals surface area contributed by atoms with Crippen LogP contribution in [0.25, 0.3) is 0 Å². The molecule has 0 aliphatic rings. The fourth-order valence-corrected chi connectivity index (χ4v) is 1.67. The van der Waals surface area contributed by atoms with Gasteiger partial charge < -0.3 is 9.84 Å². The minimum Gasteiger partial charge on any atom is -0.486 e. The predicted molar refractivity (Wildman–Crippen MR) is 69.6 cm³/mol. The molecule has 4 nitrogen and oxygen atoms in total. The summed E-state index contributed by atoms with van der Waals surface area (Å²) in [4.78, 5) is 15.1. The largest absolute Gasteiger partial charge is 0.486 e. The highest BCUT2D eigenvalue weighted by atomic mass is 79.9. The quantitative estimate of drug-likeness (QED) is 0.937. The van der Waals surface area contributed by atoms with E-state index in [0.29, 0.717) is 5.69 Å². The normalized spacial score (nSPS) is 10.2. The van der Waals surface area contributed by atoms with Crippen LogP contribution in [0.5, 0.6) is 5.75 Å². The van der Waals surface area contributed by atoms with Crippen molar-refractivity contribution in [3.05, 3.63) is 58.1 Å². The van der Waals surface area contributed by atoms with Crippen molar-refractivity contribution in [1.29, 1.82) is 0 Å². The third-order valence-corrected chi connectivity index (χ3v) is 2.81. The van der Waals surface area contributed by atoms with Crippen LogP contribution in [0.3, 0.4) is 0 Å². The SMILES string of the molecule is O=C(O)c1cc(F)ccc1OCc1ccc(Br)cn1. The van der Waals surface area contributed by atoms with Crippen molar-refractivity contribution in [2.45, 2.75) is 6.61 Å². The van der Waals surface area contributed by atoms with Crippen molar-refractivity contribution >= 4 is 21.9 Å². The van der Waals surface area contributed by atoms with Gasteiger partial charge in [-0.15, -0.1) is 0 Å². The van der Waals surface area contributed by atoms with Gasteiger partial charge in [-0.1, -0.05) is 0 Å². The Balaban J connectivity index is 2.15. The van der Waals surface area contributed by atoms with Crippen molar-refractivity contribution < 1.29 is 19.0 Å². The number of carboxylic acid groups (broad SMARTS) is 1. The monoisotopic (exact) mass is 325 g/mol. The van der Waals surface area contributed by atoms with Crippen molar-refractivity contribution in [2.75, 3.05) is 0 Å². The van der Waals surface area contributed by atoms with E-state index in [4.69, 9.17) is 9.84 Å². The third kappa shape index (κ3) is 3.51. The van der Waals surface area contributed by atoms with Crippen molar-refractivity contribution in [1.82, 2.24) is 4.98 Å². The van der Waals surface area contributed by atoms with Crippen LogP contribution in [0.15, 0.2) is 41.0 Å².